The minimum atomic E-state index is -4.11. The summed E-state index contributed by atoms with van der Waals surface area (Å²) in [5.74, 6) is -4.11. The fourth-order valence-corrected chi connectivity index (χ4v) is 1.17. The Morgan fingerprint density at radius 2 is 1.94 bits per heavy atom. The van der Waals surface area contributed by atoms with Crippen molar-refractivity contribution in [1.82, 2.24) is 0 Å². The van der Waals surface area contributed by atoms with Crippen molar-refractivity contribution in [3.8, 4) is 0 Å². The van der Waals surface area contributed by atoms with E-state index in [0.717, 1.165) is 0 Å². The van der Waals surface area contributed by atoms with Crippen molar-refractivity contribution in [3.05, 3.63) is 0 Å². The lowest BCUT2D eigenvalue weighted by Gasteiger charge is -2.25. The molecular formula is C10H19F4NO2. The number of hydrogen-bond donors (Lipinski definition) is 2. The van der Waals surface area contributed by atoms with Crippen LogP contribution in [-0.4, -0.2) is 42.8 Å². The summed E-state index contributed by atoms with van der Waals surface area (Å²) in [5, 5.41) is 8.96. The summed E-state index contributed by atoms with van der Waals surface area (Å²) in [5.41, 5.74) is 4.98. The number of alkyl halides is 4. The summed E-state index contributed by atoms with van der Waals surface area (Å²) < 4.78 is 52.8. The van der Waals surface area contributed by atoms with E-state index >= 15 is 0 Å². The number of halogens is 4. The SMILES string of the molecule is CCC(N)(CO)CCCOCC(F)(F)C(F)F. The second-order valence-electron chi connectivity index (χ2n) is 4.09. The molecule has 0 aromatic heterocycles. The van der Waals surface area contributed by atoms with Crippen LogP contribution in [-0.2, 0) is 4.74 Å². The van der Waals surface area contributed by atoms with Crippen molar-refractivity contribution in [2.24, 2.45) is 5.73 Å². The number of ether oxygens (including phenoxy) is 1. The van der Waals surface area contributed by atoms with Gasteiger partial charge >= 0.3 is 12.3 Å². The zero-order chi connectivity index (χ0) is 13.5. The van der Waals surface area contributed by atoms with Crippen LogP contribution in [0, 0.1) is 0 Å². The highest BCUT2D eigenvalue weighted by Gasteiger charge is 2.40. The molecule has 0 saturated carbocycles. The molecule has 0 saturated heterocycles. The molecule has 0 spiro atoms. The lowest BCUT2D eigenvalue weighted by molar-refractivity contribution is -0.166. The van der Waals surface area contributed by atoms with Crippen LogP contribution in [0.25, 0.3) is 0 Å². The quantitative estimate of drug-likeness (QED) is 0.491. The maximum Gasteiger partial charge on any atom is 0.330 e. The van der Waals surface area contributed by atoms with Crippen molar-refractivity contribution in [3.63, 3.8) is 0 Å². The van der Waals surface area contributed by atoms with Crippen molar-refractivity contribution < 1.29 is 27.4 Å². The van der Waals surface area contributed by atoms with Gasteiger partial charge in [-0.3, -0.25) is 0 Å². The molecule has 17 heavy (non-hydrogen) atoms. The first-order valence-electron chi connectivity index (χ1n) is 5.41. The molecule has 0 bridgehead atoms. The zero-order valence-corrected chi connectivity index (χ0v) is 9.76. The standard InChI is InChI=1S/C10H19F4NO2/c1-2-9(15,6-16)4-3-5-17-7-10(13,14)8(11)12/h8,16H,2-7,15H2,1H3. The normalized spacial score (nSPS) is 16.2. The number of rotatable bonds is 9. The highest BCUT2D eigenvalue weighted by atomic mass is 19.3. The van der Waals surface area contributed by atoms with Crippen LogP contribution >= 0.6 is 0 Å². The molecule has 1 atom stereocenters. The predicted octanol–water partition coefficient (Wildman–Crippen LogP) is 1.78. The molecule has 7 heteroatoms. The molecule has 0 radical (unpaired) electrons. The van der Waals surface area contributed by atoms with Gasteiger partial charge < -0.3 is 15.6 Å². The molecule has 0 aliphatic heterocycles. The number of nitrogens with two attached hydrogens (primary N) is 1. The summed E-state index contributed by atoms with van der Waals surface area (Å²) >= 11 is 0. The fourth-order valence-electron chi connectivity index (χ4n) is 1.17. The van der Waals surface area contributed by atoms with Crippen LogP contribution in [0.5, 0.6) is 0 Å². The van der Waals surface area contributed by atoms with Crippen molar-refractivity contribution in [2.45, 2.75) is 44.1 Å². The predicted molar refractivity (Wildman–Crippen MR) is 55.3 cm³/mol. The van der Waals surface area contributed by atoms with Crippen LogP contribution in [0.15, 0.2) is 0 Å². The first-order chi connectivity index (χ1) is 7.77. The van der Waals surface area contributed by atoms with Gasteiger partial charge in [-0.05, 0) is 19.3 Å². The van der Waals surface area contributed by atoms with Crippen LogP contribution < -0.4 is 5.73 Å². The molecule has 0 aliphatic carbocycles. The van der Waals surface area contributed by atoms with E-state index in [9.17, 15) is 17.6 Å². The van der Waals surface area contributed by atoms with Gasteiger partial charge in [-0.25, -0.2) is 8.78 Å². The van der Waals surface area contributed by atoms with Gasteiger partial charge in [0, 0.05) is 12.1 Å². The summed E-state index contributed by atoms with van der Waals surface area (Å²) in [6.07, 6.45) is -2.45. The van der Waals surface area contributed by atoms with Crippen molar-refractivity contribution in [2.75, 3.05) is 19.8 Å². The van der Waals surface area contributed by atoms with E-state index in [1.54, 1.807) is 6.92 Å². The number of aliphatic hydroxyl groups excluding tert-OH is 1. The van der Waals surface area contributed by atoms with Gasteiger partial charge in [-0.1, -0.05) is 6.92 Å². The van der Waals surface area contributed by atoms with Gasteiger partial charge in [0.1, 0.15) is 6.61 Å². The van der Waals surface area contributed by atoms with E-state index in [1.807, 2.05) is 0 Å². The van der Waals surface area contributed by atoms with Gasteiger partial charge in [-0.2, -0.15) is 8.78 Å². The Kier molecular flexibility index (Phi) is 6.96. The topological polar surface area (TPSA) is 55.5 Å². The Morgan fingerprint density at radius 1 is 1.35 bits per heavy atom. The Balaban J connectivity index is 3.73. The third-order valence-corrected chi connectivity index (χ3v) is 2.60. The molecule has 0 aromatic rings. The van der Waals surface area contributed by atoms with Gasteiger partial charge in [0.15, 0.2) is 0 Å². The molecule has 0 rings (SSSR count). The molecule has 1 unspecified atom stereocenters. The highest BCUT2D eigenvalue weighted by Crippen LogP contribution is 2.23. The Hall–Kier alpha value is -0.400. The molecule has 0 fully saturated rings. The Labute approximate surface area is 97.9 Å². The van der Waals surface area contributed by atoms with E-state index < -0.39 is 24.5 Å². The van der Waals surface area contributed by atoms with E-state index in [1.165, 1.54) is 0 Å². The summed E-state index contributed by atoms with van der Waals surface area (Å²) in [6.45, 7) is 0.202. The molecule has 0 aromatic carbocycles. The summed E-state index contributed by atoms with van der Waals surface area (Å²) in [4.78, 5) is 0. The molecular weight excluding hydrogens is 242 g/mol. The largest absolute Gasteiger partial charge is 0.394 e. The average molecular weight is 261 g/mol. The van der Waals surface area contributed by atoms with E-state index in [4.69, 9.17) is 10.8 Å². The molecule has 3 N–H and O–H groups in total. The van der Waals surface area contributed by atoms with E-state index in [-0.39, 0.29) is 13.2 Å². The van der Waals surface area contributed by atoms with Crippen molar-refractivity contribution in [1.29, 1.82) is 0 Å². The third-order valence-electron chi connectivity index (χ3n) is 2.60. The van der Waals surface area contributed by atoms with Crippen LogP contribution in [0.4, 0.5) is 17.6 Å². The number of aliphatic hydroxyl groups is 1. The average Bonchev–Trinajstić information content (AvgIpc) is 2.28. The zero-order valence-electron chi connectivity index (χ0n) is 9.76. The second kappa shape index (κ2) is 7.13. The lowest BCUT2D eigenvalue weighted by atomic mass is 9.93. The second-order valence-corrected chi connectivity index (χ2v) is 4.09. The molecule has 3 nitrogen and oxygen atoms in total. The molecule has 104 valence electrons. The van der Waals surface area contributed by atoms with E-state index in [2.05, 4.69) is 4.74 Å². The maximum absolute atomic E-state index is 12.4. The Morgan fingerprint density at radius 3 is 2.35 bits per heavy atom. The maximum atomic E-state index is 12.4. The van der Waals surface area contributed by atoms with Gasteiger partial charge in [-0.15, -0.1) is 0 Å². The smallest absolute Gasteiger partial charge is 0.330 e. The van der Waals surface area contributed by atoms with Crippen LogP contribution in [0.1, 0.15) is 26.2 Å². The Bertz CT molecular complexity index is 204. The molecule has 0 aliphatic rings. The monoisotopic (exact) mass is 261 g/mol. The molecule has 0 heterocycles. The van der Waals surface area contributed by atoms with Crippen molar-refractivity contribution >= 4 is 0 Å². The minimum absolute atomic E-state index is 0.0821. The third kappa shape index (κ3) is 6.18. The lowest BCUT2D eigenvalue weighted by Crippen LogP contribution is -2.43. The van der Waals surface area contributed by atoms with Gasteiger partial charge in [0.2, 0.25) is 0 Å². The van der Waals surface area contributed by atoms with E-state index in [0.29, 0.717) is 19.3 Å². The summed E-state index contributed by atoms with van der Waals surface area (Å²) in [6, 6.07) is 0. The fraction of sp³-hybridized carbons (Fsp3) is 1.00. The first kappa shape index (κ1) is 16.6. The van der Waals surface area contributed by atoms with Crippen LogP contribution in [0.3, 0.4) is 0 Å². The highest BCUT2D eigenvalue weighted by molar-refractivity contribution is 4.81. The van der Waals surface area contributed by atoms with Gasteiger partial charge in [0.25, 0.3) is 0 Å². The number of hydrogen-bond acceptors (Lipinski definition) is 3. The molecule has 0 amide bonds. The minimum Gasteiger partial charge on any atom is -0.394 e. The van der Waals surface area contributed by atoms with Crippen LogP contribution in [0.2, 0.25) is 0 Å². The van der Waals surface area contributed by atoms with Gasteiger partial charge in [0.05, 0.1) is 6.61 Å². The summed E-state index contributed by atoms with van der Waals surface area (Å²) in [7, 11) is 0. The first-order valence-corrected chi connectivity index (χ1v) is 5.41.